The predicted molar refractivity (Wildman–Crippen MR) is 149 cm³/mol. The number of amides is 1. The molecule has 8 nitrogen and oxygen atoms in total. The van der Waals surface area contributed by atoms with Crippen LogP contribution in [-0.4, -0.2) is 37.1 Å². The van der Waals surface area contributed by atoms with E-state index in [1.54, 1.807) is 39.8 Å². The Kier molecular flexibility index (Phi) is 7.08. The number of aryl methyl sites for hydroxylation is 4. The Hall–Kier alpha value is -3.54. The first-order valence-corrected chi connectivity index (χ1v) is 14.3. The molecule has 4 aromatic rings. The lowest BCUT2D eigenvalue weighted by molar-refractivity contribution is -0.117. The molecule has 0 radical (unpaired) electrons. The number of rotatable bonds is 7. The zero-order valence-electron chi connectivity index (χ0n) is 21.1. The van der Waals surface area contributed by atoms with Gasteiger partial charge in [-0.1, -0.05) is 53.4 Å². The van der Waals surface area contributed by atoms with Crippen LogP contribution in [0.1, 0.15) is 48.7 Å². The molecule has 0 bridgehead atoms. The molecule has 0 spiro atoms. The smallest absolute Gasteiger partial charge is 0.296 e. The Morgan fingerprint density at radius 1 is 1.03 bits per heavy atom. The second kappa shape index (κ2) is 10.3. The van der Waals surface area contributed by atoms with Crippen LogP contribution in [0.15, 0.2) is 58.1 Å². The second-order valence-electron chi connectivity index (χ2n) is 8.94. The van der Waals surface area contributed by atoms with Gasteiger partial charge in [0.15, 0.2) is 10.1 Å². The van der Waals surface area contributed by atoms with Gasteiger partial charge in [-0.25, -0.2) is 4.98 Å². The quantitative estimate of drug-likeness (QED) is 0.159. The zero-order chi connectivity index (χ0) is 27.1. The number of hydrogen-bond acceptors (Lipinski definition) is 10. The Morgan fingerprint density at radius 2 is 1.71 bits per heavy atom. The minimum atomic E-state index is -0.949. The van der Waals surface area contributed by atoms with Crippen LogP contribution >= 0.6 is 34.4 Å². The molecule has 1 unspecified atom stereocenters. The van der Waals surface area contributed by atoms with Crippen molar-refractivity contribution < 1.29 is 19.8 Å². The molecule has 2 aromatic carbocycles. The molecule has 2 aromatic heterocycles. The summed E-state index contributed by atoms with van der Waals surface area (Å²) in [5, 5.41) is 30.9. The molecule has 1 aliphatic rings. The maximum atomic E-state index is 13.8. The van der Waals surface area contributed by atoms with E-state index in [1.807, 2.05) is 30.3 Å². The van der Waals surface area contributed by atoms with Crippen molar-refractivity contribution in [1.29, 1.82) is 0 Å². The van der Waals surface area contributed by atoms with Gasteiger partial charge in [0.2, 0.25) is 10.9 Å². The molecule has 2 N–H and O–H groups in total. The van der Waals surface area contributed by atoms with Gasteiger partial charge in [0.25, 0.3) is 5.91 Å². The summed E-state index contributed by atoms with van der Waals surface area (Å²) in [6.07, 6.45) is 0. The normalized spacial score (nSPS) is 15.5. The standard InChI is InChI=1S/C27H24N4O4S3/c1-13-10-18(11-14(2)21(13)32)20-19(22(33)24-15(3)28-16(4)37-24)23(34)25(35)31(20)26-29-30-27(38-26)36-12-17-8-6-5-7-9-17/h5-11,20,32,34H,12H2,1-4H3. The van der Waals surface area contributed by atoms with E-state index in [-0.39, 0.29) is 16.5 Å². The molecular weight excluding hydrogens is 541 g/mol. The highest BCUT2D eigenvalue weighted by molar-refractivity contribution is 8.00. The molecule has 3 heterocycles. The van der Waals surface area contributed by atoms with Gasteiger partial charge in [0, 0.05) is 5.75 Å². The number of aliphatic hydroxyl groups excluding tert-OH is 1. The lowest BCUT2D eigenvalue weighted by Gasteiger charge is -2.25. The Labute approximate surface area is 231 Å². The molecule has 5 rings (SSSR count). The fourth-order valence-electron chi connectivity index (χ4n) is 4.44. The summed E-state index contributed by atoms with van der Waals surface area (Å²) in [6.45, 7) is 7.03. The number of aliphatic hydroxyl groups is 1. The summed E-state index contributed by atoms with van der Waals surface area (Å²) in [5.41, 5.74) is 3.38. The Bertz CT molecular complexity index is 1570. The number of carbonyl (C=O) groups is 2. The number of anilines is 1. The van der Waals surface area contributed by atoms with Gasteiger partial charge in [0.1, 0.15) is 5.75 Å². The van der Waals surface area contributed by atoms with Crippen LogP contribution in [0.25, 0.3) is 0 Å². The van der Waals surface area contributed by atoms with Crippen molar-refractivity contribution in [1.82, 2.24) is 15.2 Å². The highest BCUT2D eigenvalue weighted by atomic mass is 32.2. The van der Waals surface area contributed by atoms with Crippen LogP contribution in [0.5, 0.6) is 5.75 Å². The summed E-state index contributed by atoms with van der Waals surface area (Å²) in [4.78, 5) is 33.3. The van der Waals surface area contributed by atoms with Crippen molar-refractivity contribution in [3.05, 3.63) is 91.6 Å². The van der Waals surface area contributed by atoms with Gasteiger partial charge < -0.3 is 10.2 Å². The monoisotopic (exact) mass is 564 g/mol. The topological polar surface area (TPSA) is 117 Å². The third-order valence-electron chi connectivity index (χ3n) is 6.20. The summed E-state index contributed by atoms with van der Waals surface area (Å²) in [5.74, 6) is -0.993. The molecule has 1 amide bonds. The minimum absolute atomic E-state index is 0.0417. The van der Waals surface area contributed by atoms with Gasteiger partial charge in [-0.15, -0.1) is 21.5 Å². The fourth-order valence-corrected chi connectivity index (χ4v) is 7.14. The minimum Gasteiger partial charge on any atom is -0.507 e. The second-order valence-corrected chi connectivity index (χ2v) is 12.3. The number of thioether (sulfide) groups is 1. The number of thiazole rings is 1. The Balaban J connectivity index is 1.57. The number of benzene rings is 2. The van der Waals surface area contributed by atoms with Crippen LogP contribution in [0.3, 0.4) is 0 Å². The number of aromatic nitrogens is 3. The third-order valence-corrected chi connectivity index (χ3v) is 9.40. The van der Waals surface area contributed by atoms with Gasteiger partial charge in [-0.3, -0.25) is 14.5 Å². The van der Waals surface area contributed by atoms with Crippen LogP contribution < -0.4 is 4.90 Å². The molecule has 0 aliphatic carbocycles. The van der Waals surface area contributed by atoms with E-state index in [9.17, 15) is 19.8 Å². The molecule has 0 fully saturated rings. The van der Waals surface area contributed by atoms with E-state index in [0.29, 0.717) is 42.4 Å². The predicted octanol–water partition coefficient (Wildman–Crippen LogP) is 6.01. The third kappa shape index (κ3) is 4.72. The van der Waals surface area contributed by atoms with E-state index in [2.05, 4.69) is 15.2 Å². The number of Topliss-reactive ketones (excluding diaryl/α,β-unsaturated/α-hetero) is 1. The largest absolute Gasteiger partial charge is 0.507 e. The van der Waals surface area contributed by atoms with Crippen molar-refractivity contribution in [2.24, 2.45) is 0 Å². The average Bonchev–Trinajstić information content (AvgIpc) is 3.57. The van der Waals surface area contributed by atoms with Gasteiger partial charge in [-0.05, 0) is 62.1 Å². The number of phenolic OH excluding ortho intramolecular Hbond substituents is 1. The van der Waals surface area contributed by atoms with Gasteiger partial charge in [-0.2, -0.15) is 0 Å². The molecular formula is C27H24N4O4S3. The SMILES string of the molecule is Cc1nc(C)c(C(=O)C2=C(O)C(=O)N(c3nnc(SCc4ccccc4)s3)C2c2cc(C)c(O)c(C)c2)s1. The maximum absolute atomic E-state index is 13.8. The van der Waals surface area contributed by atoms with Crippen LogP contribution in [-0.2, 0) is 10.5 Å². The number of ketones is 1. The van der Waals surface area contributed by atoms with Crippen LogP contribution in [0.4, 0.5) is 5.13 Å². The summed E-state index contributed by atoms with van der Waals surface area (Å²) < 4.78 is 0.654. The van der Waals surface area contributed by atoms with Gasteiger partial charge in [0.05, 0.1) is 27.2 Å². The number of aromatic hydroxyl groups is 1. The first-order valence-electron chi connectivity index (χ1n) is 11.7. The molecule has 0 saturated carbocycles. The van der Waals surface area contributed by atoms with E-state index in [1.165, 1.54) is 39.3 Å². The van der Waals surface area contributed by atoms with Crippen molar-refractivity contribution in [2.75, 3.05) is 4.90 Å². The van der Waals surface area contributed by atoms with Gasteiger partial charge >= 0.3 is 0 Å². The molecule has 1 atom stereocenters. The first-order chi connectivity index (χ1) is 18.2. The van der Waals surface area contributed by atoms with Crippen LogP contribution in [0.2, 0.25) is 0 Å². The van der Waals surface area contributed by atoms with E-state index in [4.69, 9.17) is 0 Å². The number of phenols is 1. The number of carbonyl (C=O) groups excluding carboxylic acids is 2. The lowest BCUT2D eigenvalue weighted by Crippen LogP contribution is -2.31. The van der Waals surface area contributed by atoms with Crippen molar-refractivity contribution in [3.63, 3.8) is 0 Å². The lowest BCUT2D eigenvalue weighted by atomic mass is 9.92. The average molecular weight is 565 g/mol. The van der Waals surface area contributed by atoms with E-state index in [0.717, 1.165) is 5.56 Å². The van der Waals surface area contributed by atoms with Crippen molar-refractivity contribution in [2.45, 2.75) is 43.8 Å². The number of nitrogens with zero attached hydrogens (tertiary/aromatic N) is 4. The highest BCUT2D eigenvalue weighted by Gasteiger charge is 2.47. The summed E-state index contributed by atoms with van der Waals surface area (Å²) in [6, 6.07) is 12.4. The first kappa shape index (κ1) is 26.1. The van der Waals surface area contributed by atoms with Crippen molar-refractivity contribution in [3.8, 4) is 5.75 Å². The maximum Gasteiger partial charge on any atom is 0.296 e. The highest BCUT2D eigenvalue weighted by Crippen LogP contribution is 2.45. The fraction of sp³-hybridized carbons (Fsp3) is 0.222. The van der Waals surface area contributed by atoms with E-state index >= 15 is 0 Å². The van der Waals surface area contributed by atoms with Crippen LogP contribution in [0, 0.1) is 27.7 Å². The van der Waals surface area contributed by atoms with Crippen molar-refractivity contribution >= 4 is 51.3 Å². The molecule has 11 heteroatoms. The molecule has 38 heavy (non-hydrogen) atoms. The Morgan fingerprint density at radius 3 is 2.34 bits per heavy atom. The molecule has 1 aliphatic heterocycles. The number of hydrogen-bond donors (Lipinski definition) is 2. The van der Waals surface area contributed by atoms with E-state index < -0.39 is 23.5 Å². The summed E-state index contributed by atoms with van der Waals surface area (Å²) >= 11 is 3.93. The molecule has 0 saturated heterocycles. The zero-order valence-corrected chi connectivity index (χ0v) is 23.5. The molecule has 194 valence electrons. The summed E-state index contributed by atoms with van der Waals surface area (Å²) in [7, 11) is 0.